The topological polar surface area (TPSA) is 53.9 Å². The van der Waals surface area contributed by atoms with Crippen LogP contribution in [0.25, 0.3) is 11.0 Å². The van der Waals surface area contributed by atoms with Crippen LogP contribution in [0.3, 0.4) is 0 Å². The highest BCUT2D eigenvalue weighted by Crippen LogP contribution is 2.24. The van der Waals surface area contributed by atoms with Gasteiger partial charge >= 0.3 is 0 Å². The van der Waals surface area contributed by atoms with Crippen LogP contribution in [0.15, 0.2) is 12.4 Å². The maximum Gasteiger partial charge on any atom is 0.165 e. The van der Waals surface area contributed by atoms with Crippen LogP contribution in [0.4, 0.5) is 5.82 Å². The van der Waals surface area contributed by atoms with Gasteiger partial charge in [-0.2, -0.15) is 0 Å². The summed E-state index contributed by atoms with van der Waals surface area (Å²) in [5.41, 5.74) is 2.97. The molecule has 0 bridgehead atoms. The van der Waals surface area contributed by atoms with Crippen LogP contribution in [0.5, 0.6) is 0 Å². The summed E-state index contributed by atoms with van der Waals surface area (Å²) in [5, 5.41) is 4.59. The maximum absolute atomic E-state index is 4.53. The van der Waals surface area contributed by atoms with Crippen molar-refractivity contribution in [1.82, 2.24) is 19.9 Å². The lowest BCUT2D eigenvalue weighted by molar-refractivity contribution is 0.108. The van der Waals surface area contributed by atoms with Gasteiger partial charge < -0.3 is 5.32 Å². The van der Waals surface area contributed by atoms with Crippen molar-refractivity contribution in [2.45, 2.75) is 65.5 Å². The molecule has 5 nitrogen and oxygen atoms in total. The molecular weight excluding hydrogens is 298 g/mol. The molecule has 1 N–H and O–H groups in total. The molecule has 1 atom stereocenters. The molecule has 0 unspecified atom stereocenters. The van der Waals surface area contributed by atoms with E-state index in [9.17, 15) is 0 Å². The Morgan fingerprint density at radius 2 is 2.08 bits per heavy atom. The lowest BCUT2D eigenvalue weighted by atomic mass is 9.98. The SMILES string of the molecule is Cc1cc(C)c2c(NCC[C@@H]3CCCCN3C(C)C)ncnc2n1. The second-order valence-corrected chi connectivity index (χ2v) is 7.20. The van der Waals surface area contributed by atoms with Crippen LogP contribution >= 0.6 is 0 Å². The summed E-state index contributed by atoms with van der Waals surface area (Å²) in [4.78, 5) is 16.0. The lowest BCUT2D eigenvalue weighted by Gasteiger charge is -2.38. The molecule has 0 saturated carbocycles. The van der Waals surface area contributed by atoms with Gasteiger partial charge in [-0.15, -0.1) is 0 Å². The Balaban J connectivity index is 1.70. The van der Waals surface area contributed by atoms with Gasteiger partial charge in [0.2, 0.25) is 0 Å². The van der Waals surface area contributed by atoms with Crippen LogP contribution in [-0.2, 0) is 0 Å². The zero-order chi connectivity index (χ0) is 17.1. The Morgan fingerprint density at radius 3 is 2.88 bits per heavy atom. The summed E-state index contributed by atoms with van der Waals surface area (Å²) in [5.74, 6) is 0.914. The summed E-state index contributed by atoms with van der Waals surface area (Å²) in [6.45, 7) is 10.9. The Hall–Kier alpha value is -1.75. The minimum atomic E-state index is 0.629. The van der Waals surface area contributed by atoms with Gasteiger partial charge in [-0.1, -0.05) is 6.42 Å². The molecule has 1 fully saturated rings. The van der Waals surface area contributed by atoms with Crippen molar-refractivity contribution < 1.29 is 0 Å². The number of piperidine rings is 1. The van der Waals surface area contributed by atoms with E-state index < -0.39 is 0 Å². The first-order valence-electron chi connectivity index (χ1n) is 9.15. The molecule has 1 aliphatic rings. The van der Waals surface area contributed by atoms with E-state index in [0.29, 0.717) is 12.1 Å². The number of likely N-dealkylation sites (tertiary alicyclic amines) is 1. The third kappa shape index (κ3) is 3.66. The maximum atomic E-state index is 4.53. The monoisotopic (exact) mass is 327 g/mol. The third-order valence-corrected chi connectivity index (χ3v) is 5.04. The van der Waals surface area contributed by atoms with Crippen molar-refractivity contribution in [2.75, 3.05) is 18.4 Å². The van der Waals surface area contributed by atoms with Gasteiger partial charge in [0.15, 0.2) is 5.65 Å². The second kappa shape index (κ2) is 7.43. The fraction of sp³-hybridized carbons (Fsp3) is 0.632. The standard InChI is InChI=1S/C19H29N5/c1-13(2)24-10-6-5-7-16(24)8-9-20-18-17-14(3)11-15(4)23-19(17)22-12-21-18/h11-13,16H,5-10H2,1-4H3,(H,20,21,22,23)/t16-/m0/s1. The van der Waals surface area contributed by atoms with Gasteiger partial charge in [-0.05, 0) is 65.1 Å². The lowest BCUT2D eigenvalue weighted by Crippen LogP contribution is -2.44. The van der Waals surface area contributed by atoms with E-state index in [2.05, 4.69) is 52.0 Å². The molecule has 0 spiro atoms. The minimum Gasteiger partial charge on any atom is -0.369 e. The summed E-state index contributed by atoms with van der Waals surface area (Å²) < 4.78 is 0. The van der Waals surface area contributed by atoms with Crippen LogP contribution < -0.4 is 5.32 Å². The molecule has 5 heteroatoms. The molecule has 0 radical (unpaired) electrons. The van der Waals surface area contributed by atoms with Crippen molar-refractivity contribution in [1.29, 1.82) is 0 Å². The molecule has 130 valence electrons. The summed E-state index contributed by atoms with van der Waals surface area (Å²) in [6, 6.07) is 3.41. The minimum absolute atomic E-state index is 0.629. The summed E-state index contributed by atoms with van der Waals surface area (Å²) >= 11 is 0. The third-order valence-electron chi connectivity index (χ3n) is 5.04. The number of rotatable bonds is 5. The summed E-state index contributed by atoms with van der Waals surface area (Å²) in [6.07, 6.45) is 6.76. The number of anilines is 1. The van der Waals surface area contributed by atoms with Crippen molar-refractivity contribution in [2.24, 2.45) is 0 Å². The molecule has 1 saturated heterocycles. The van der Waals surface area contributed by atoms with Crippen LogP contribution in [-0.4, -0.2) is 45.0 Å². The van der Waals surface area contributed by atoms with Gasteiger partial charge in [-0.25, -0.2) is 15.0 Å². The van der Waals surface area contributed by atoms with Gasteiger partial charge in [0.25, 0.3) is 0 Å². The Morgan fingerprint density at radius 1 is 1.25 bits per heavy atom. The van der Waals surface area contributed by atoms with Crippen molar-refractivity contribution in [3.8, 4) is 0 Å². The van der Waals surface area contributed by atoms with Gasteiger partial charge in [0.05, 0.1) is 5.39 Å². The van der Waals surface area contributed by atoms with E-state index >= 15 is 0 Å². The van der Waals surface area contributed by atoms with E-state index in [0.717, 1.165) is 35.5 Å². The number of aromatic nitrogens is 3. The highest BCUT2D eigenvalue weighted by molar-refractivity contribution is 5.89. The first-order valence-corrected chi connectivity index (χ1v) is 9.15. The molecule has 3 heterocycles. The van der Waals surface area contributed by atoms with Gasteiger partial charge in [-0.3, -0.25) is 4.90 Å². The zero-order valence-electron chi connectivity index (χ0n) is 15.3. The highest BCUT2D eigenvalue weighted by atomic mass is 15.2. The normalized spacial score (nSPS) is 19.1. The van der Waals surface area contributed by atoms with E-state index in [1.54, 1.807) is 6.33 Å². The molecule has 1 aliphatic heterocycles. The fourth-order valence-corrected chi connectivity index (χ4v) is 3.91. The zero-order valence-corrected chi connectivity index (χ0v) is 15.3. The predicted molar refractivity (Wildman–Crippen MR) is 99.4 cm³/mol. The second-order valence-electron chi connectivity index (χ2n) is 7.20. The molecular formula is C19H29N5. The molecule has 0 aliphatic carbocycles. The smallest absolute Gasteiger partial charge is 0.165 e. The number of pyridine rings is 1. The van der Waals surface area contributed by atoms with Crippen molar-refractivity contribution in [3.05, 3.63) is 23.7 Å². The number of hydrogen-bond donors (Lipinski definition) is 1. The van der Waals surface area contributed by atoms with Crippen LogP contribution in [0.2, 0.25) is 0 Å². The number of hydrogen-bond acceptors (Lipinski definition) is 5. The molecule has 24 heavy (non-hydrogen) atoms. The highest BCUT2D eigenvalue weighted by Gasteiger charge is 2.24. The first-order chi connectivity index (χ1) is 11.6. The van der Waals surface area contributed by atoms with Gasteiger partial charge in [0, 0.05) is 24.3 Å². The number of nitrogens with zero attached hydrogens (tertiary/aromatic N) is 4. The van der Waals surface area contributed by atoms with Gasteiger partial charge in [0.1, 0.15) is 12.1 Å². The number of fused-ring (bicyclic) bond motifs is 1. The van der Waals surface area contributed by atoms with E-state index in [4.69, 9.17) is 0 Å². The average molecular weight is 327 g/mol. The van der Waals surface area contributed by atoms with E-state index in [1.165, 1.54) is 31.4 Å². The fourth-order valence-electron chi connectivity index (χ4n) is 3.91. The average Bonchev–Trinajstić information content (AvgIpc) is 2.54. The number of aryl methyl sites for hydroxylation is 2. The molecule has 3 rings (SSSR count). The van der Waals surface area contributed by atoms with E-state index in [1.807, 2.05) is 6.92 Å². The molecule has 2 aromatic heterocycles. The van der Waals surface area contributed by atoms with Crippen molar-refractivity contribution >= 4 is 16.9 Å². The summed E-state index contributed by atoms with van der Waals surface area (Å²) in [7, 11) is 0. The largest absolute Gasteiger partial charge is 0.369 e. The Labute approximate surface area is 144 Å². The first kappa shape index (κ1) is 17.1. The Kier molecular flexibility index (Phi) is 5.29. The quantitative estimate of drug-likeness (QED) is 0.907. The number of nitrogens with one attached hydrogen (secondary N) is 1. The molecule has 0 amide bonds. The van der Waals surface area contributed by atoms with Crippen LogP contribution in [0, 0.1) is 13.8 Å². The van der Waals surface area contributed by atoms with E-state index in [-0.39, 0.29) is 0 Å². The van der Waals surface area contributed by atoms with Crippen molar-refractivity contribution in [3.63, 3.8) is 0 Å². The Bertz CT molecular complexity index is 697. The molecule has 2 aromatic rings. The van der Waals surface area contributed by atoms with Crippen LogP contribution in [0.1, 0.15) is 50.8 Å². The predicted octanol–water partition coefficient (Wildman–Crippen LogP) is 3.71. The molecule has 0 aromatic carbocycles.